The van der Waals surface area contributed by atoms with Crippen LogP contribution in [0.2, 0.25) is 0 Å². The van der Waals surface area contributed by atoms with Crippen LogP contribution in [-0.4, -0.2) is 94.7 Å². The molecule has 4 atom stereocenters. The van der Waals surface area contributed by atoms with E-state index in [1.165, 1.54) is 18.9 Å². The van der Waals surface area contributed by atoms with Crippen molar-refractivity contribution in [3.63, 3.8) is 0 Å². The number of rotatable bonds is 28. The molecule has 0 aliphatic carbocycles. The van der Waals surface area contributed by atoms with Crippen molar-refractivity contribution in [2.24, 2.45) is 35.3 Å². The number of nitrogens with two attached hydrogens (primary N) is 1. The first-order valence-corrected chi connectivity index (χ1v) is 21.9. The molecule has 1 aliphatic rings. The molecule has 0 radical (unpaired) electrons. The van der Waals surface area contributed by atoms with Gasteiger partial charge in [-0.25, -0.2) is 14.4 Å². The van der Waals surface area contributed by atoms with Gasteiger partial charge in [-0.15, -0.1) is 5.06 Å². The summed E-state index contributed by atoms with van der Waals surface area (Å²) in [6, 6.07) is 4.18. The Bertz CT molecular complexity index is 1760. The third-order valence-corrected chi connectivity index (χ3v) is 10.9. The number of anilines is 1. The number of benzene rings is 1. The van der Waals surface area contributed by atoms with Crippen molar-refractivity contribution in [1.82, 2.24) is 20.6 Å². The van der Waals surface area contributed by atoms with Crippen LogP contribution in [0.25, 0.3) is 0 Å². The highest BCUT2D eigenvalue weighted by Gasteiger charge is 2.35. The molecule has 2 rings (SSSR count). The number of amides is 7. The molecule has 0 bridgehead atoms. The van der Waals surface area contributed by atoms with Crippen LogP contribution in [0, 0.1) is 29.6 Å². The third-order valence-electron chi connectivity index (χ3n) is 10.9. The second kappa shape index (κ2) is 26.7. The molecule has 7 amide bonds. The largest absolute Gasteiger partial charge is 0.445 e. The number of likely N-dealkylation sites (N-methyl/N-ethyl adjacent to an activating group) is 1. The minimum Gasteiger partial charge on any atom is -0.445 e. The van der Waals surface area contributed by atoms with Gasteiger partial charge < -0.3 is 36.2 Å². The zero-order valence-electron chi connectivity index (χ0n) is 38.1. The van der Waals surface area contributed by atoms with Crippen LogP contribution in [0.15, 0.2) is 24.3 Å². The zero-order valence-corrected chi connectivity index (χ0v) is 38.1. The minimum atomic E-state index is -0.866. The SMILES string of the molecule is CC(=O)[C@@H](CC(=O)[C@H](C(C)C)N(C)C(=O)OCc1ccc(NC(=O)[C@H](CCCNC(N)=O)CC(=O)[C@@H](NC(=O)CCCCCCC(=O)ON2C(=O)CCC2=O)C(C)C)cc1)C(C)C. The molecule has 0 saturated carbocycles. The van der Waals surface area contributed by atoms with E-state index in [2.05, 4.69) is 16.0 Å². The number of ketones is 3. The van der Waals surface area contributed by atoms with Crippen molar-refractivity contribution in [2.45, 2.75) is 144 Å². The van der Waals surface area contributed by atoms with E-state index in [9.17, 15) is 47.9 Å². The molecule has 0 unspecified atom stereocenters. The summed E-state index contributed by atoms with van der Waals surface area (Å²) in [6.07, 6.45) is 2.00. The molecule has 1 aromatic rings. The van der Waals surface area contributed by atoms with Crippen molar-refractivity contribution < 1.29 is 57.5 Å². The van der Waals surface area contributed by atoms with Crippen molar-refractivity contribution in [3.05, 3.63) is 29.8 Å². The molecular weight excluding hydrogens is 817 g/mol. The number of imide groups is 1. The van der Waals surface area contributed by atoms with Crippen LogP contribution in [0.1, 0.15) is 131 Å². The van der Waals surface area contributed by atoms with E-state index in [1.807, 2.05) is 27.7 Å². The average Bonchev–Trinajstić information content (AvgIpc) is 3.52. The number of carbonyl (C=O) groups is 10. The Hall–Kier alpha value is -5.68. The Morgan fingerprint density at radius 1 is 0.778 bits per heavy atom. The maximum atomic E-state index is 13.7. The quantitative estimate of drug-likeness (QED) is 0.0630. The van der Waals surface area contributed by atoms with Gasteiger partial charge in [-0.3, -0.25) is 33.6 Å². The van der Waals surface area contributed by atoms with Crippen LogP contribution in [0.4, 0.5) is 15.3 Å². The lowest BCUT2D eigenvalue weighted by Crippen LogP contribution is -2.46. The number of Topliss-reactive ketones (excluding diaryl/α,β-unsaturated/α-hetero) is 3. The second-order valence-electron chi connectivity index (χ2n) is 17.2. The number of ether oxygens (including phenoxy) is 1. The number of urea groups is 1. The second-order valence-corrected chi connectivity index (χ2v) is 17.2. The topological polar surface area (TPSA) is 258 Å². The predicted octanol–water partition coefficient (Wildman–Crippen LogP) is 5.15. The van der Waals surface area contributed by atoms with Crippen LogP contribution < -0.4 is 21.7 Å². The maximum Gasteiger partial charge on any atom is 0.410 e. The Morgan fingerprint density at radius 2 is 1.38 bits per heavy atom. The van der Waals surface area contributed by atoms with E-state index in [0.717, 1.165) is 0 Å². The van der Waals surface area contributed by atoms with Crippen LogP contribution >= 0.6 is 0 Å². The number of hydroxylamine groups is 2. The number of nitrogens with one attached hydrogen (secondary N) is 3. The van der Waals surface area contributed by atoms with Gasteiger partial charge in [-0.1, -0.05) is 66.5 Å². The molecule has 1 fully saturated rings. The van der Waals surface area contributed by atoms with Crippen molar-refractivity contribution >= 4 is 64.8 Å². The third kappa shape index (κ3) is 18.7. The zero-order chi connectivity index (χ0) is 47.4. The first-order valence-electron chi connectivity index (χ1n) is 21.9. The monoisotopic (exact) mass is 884 g/mol. The van der Waals surface area contributed by atoms with Crippen molar-refractivity contribution in [2.75, 3.05) is 18.9 Å². The summed E-state index contributed by atoms with van der Waals surface area (Å²) in [5.41, 5.74) is 6.21. The maximum absolute atomic E-state index is 13.7. The van der Waals surface area contributed by atoms with Gasteiger partial charge in [0.2, 0.25) is 11.8 Å². The number of primary amides is 1. The van der Waals surface area contributed by atoms with Gasteiger partial charge in [0.25, 0.3) is 11.8 Å². The van der Waals surface area contributed by atoms with Gasteiger partial charge in [0.1, 0.15) is 12.4 Å². The average molecular weight is 885 g/mol. The highest BCUT2D eigenvalue weighted by molar-refractivity contribution is 6.01. The van der Waals surface area contributed by atoms with Crippen LogP contribution in [0.3, 0.4) is 0 Å². The summed E-state index contributed by atoms with van der Waals surface area (Å²) in [5, 5.41) is 8.63. The Balaban J connectivity index is 1.96. The summed E-state index contributed by atoms with van der Waals surface area (Å²) in [5.74, 6) is -5.00. The molecule has 1 saturated heterocycles. The predicted molar refractivity (Wildman–Crippen MR) is 232 cm³/mol. The molecule has 0 spiro atoms. The Kier molecular flexibility index (Phi) is 22.7. The summed E-state index contributed by atoms with van der Waals surface area (Å²) < 4.78 is 5.52. The normalized spacial score (nSPS) is 14.5. The summed E-state index contributed by atoms with van der Waals surface area (Å²) in [7, 11) is 1.49. The fraction of sp³-hybridized carbons (Fsp3) is 0.644. The molecule has 350 valence electrons. The molecular formula is C45H68N6O12. The fourth-order valence-electron chi connectivity index (χ4n) is 7.34. The van der Waals surface area contributed by atoms with E-state index in [4.69, 9.17) is 15.3 Å². The van der Waals surface area contributed by atoms with E-state index in [0.29, 0.717) is 48.4 Å². The molecule has 18 nitrogen and oxygen atoms in total. The lowest BCUT2D eigenvalue weighted by molar-refractivity contribution is -0.197. The van der Waals surface area contributed by atoms with Gasteiger partial charge in [0, 0.05) is 69.6 Å². The molecule has 1 heterocycles. The van der Waals surface area contributed by atoms with Gasteiger partial charge in [0.05, 0.1) is 12.1 Å². The standard InChI is InChI=1S/C45H68N6O12/c1-27(2)34(30(7)52)25-36(54)42(29(5)6)50(8)45(61)62-26-31-17-19-33(20-18-31)48-43(59)32(14-13-23-47-44(46)60)24-35(53)41(28(3)4)49-37(55)15-11-9-10-12-16-40(58)63-51-38(56)21-22-39(51)57/h17-20,27-29,32,34,41-42H,9-16,21-26H2,1-8H3,(H,48,59)(H,49,55)(H3,46,47,60)/t32-,34+,41+,42+/m1/s1. The summed E-state index contributed by atoms with van der Waals surface area (Å²) in [6.45, 7) is 12.5. The number of carbonyl (C=O) groups excluding carboxylic acids is 10. The Morgan fingerprint density at radius 3 is 1.92 bits per heavy atom. The van der Waals surface area contributed by atoms with Crippen LogP contribution in [-0.2, 0) is 54.5 Å². The molecule has 1 aliphatic heterocycles. The number of nitrogens with zero attached hydrogens (tertiary/aromatic N) is 2. The van der Waals surface area contributed by atoms with E-state index in [1.54, 1.807) is 38.1 Å². The van der Waals surface area contributed by atoms with E-state index in [-0.39, 0.29) is 99.1 Å². The first-order chi connectivity index (χ1) is 29.6. The van der Waals surface area contributed by atoms with E-state index < -0.39 is 59.7 Å². The molecule has 63 heavy (non-hydrogen) atoms. The first kappa shape index (κ1) is 53.5. The van der Waals surface area contributed by atoms with Crippen LogP contribution in [0.5, 0.6) is 0 Å². The fourth-order valence-corrected chi connectivity index (χ4v) is 7.34. The number of unbranched alkanes of at least 4 members (excludes halogenated alkanes) is 3. The van der Waals surface area contributed by atoms with Crippen molar-refractivity contribution in [1.29, 1.82) is 0 Å². The lowest BCUT2D eigenvalue weighted by Gasteiger charge is -2.31. The van der Waals surface area contributed by atoms with Crippen molar-refractivity contribution in [3.8, 4) is 0 Å². The smallest absolute Gasteiger partial charge is 0.410 e. The highest BCUT2D eigenvalue weighted by atomic mass is 16.7. The number of hydrogen-bond donors (Lipinski definition) is 4. The summed E-state index contributed by atoms with van der Waals surface area (Å²) >= 11 is 0. The van der Waals surface area contributed by atoms with Gasteiger partial charge in [0.15, 0.2) is 11.6 Å². The molecule has 1 aromatic carbocycles. The van der Waals surface area contributed by atoms with Gasteiger partial charge >= 0.3 is 18.1 Å². The minimum absolute atomic E-state index is 0.00996. The Labute approximate surface area is 370 Å². The summed E-state index contributed by atoms with van der Waals surface area (Å²) in [4.78, 5) is 131. The molecule has 0 aromatic heterocycles. The van der Waals surface area contributed by atoms with Gasteiger partial charge in [-0.2, -0.15) is 0 Å². The van der Waals surface area contributed by atoms with Gasteiger partial charge in [-0.05, 0) is 68.1 Å². The van der Waals surface area contributed by atoms with E-state index >= 15 is 0 Å². The molecule has 5 N–H and O–H groups in total. The number of hydrogen-bond acceptors (Lipinski definition) is 12. The highest BCUT2D eigenvalue weighted by Crippen LogP contribution is 2.23. The molecule has 18 heteroatoms. The lowest BCUT2D eigenvalue weighted by atomic mass is 9.84.